The van der Waals surface area contributed by atoms with E-state index in [9.17, 15) is 14.9 Å². The fraction of sp³-hybridized carbons (Fsp3) is 0.105. The van der Waals surface area contributed by atoms with Crippen LogP contribution in [0.5, 0.6) is 5.75 Å². The Morgan fingerprint density at radius 1 is 1.37 bits per heavy atom. The molecule has 6 nitrogen and oxygen atoms in total. The molecule has 0 aromatic heterocycles. The van der Waals surface area contributed by atoms with E-state index in [1.165, 1.54) is 6.08 Å². The molecular formula is C19H14ClIN2O4. The van der Waals surface area contributed by atoms with Crippen molar-refractivity contribution in [2.45, 2.75) is 6.92 Å². The number of nitrogens with zero attached hydrogens (tertiary/aromatic N) is 1. The van der Waals surface area contributed by atoms with Crippen molar-refractivity contribution in [2.24, 2.45) is 0 Å². The van der Waals surface area contributed by atoms with Gasteiger partial charge in [0.25, 0.3) is 5.91 Å². The summed E-state index contributed by atoms with van der Waals surface area (Å²) in [5.41, 5.74) is 1.76. The summed E-state index contributed by atoms with van der Waals surface area (Å²) in [7, 11) is 0. The highest BCUT2D eigenvalue weighted by Gasteiger charge is 2.12. The molecule has 8 heteroatoms. The molecule has 0 spiro atoms. The summed E-state index contributed by atoms with van der Waals surface area (Å²) in [4.78, 5) is 23.0. The summed E-state index contributed by atoms with van der Waals surface area (Å²) in [5.74, 6) is -1.22. The van der Waals surface area contributed by atoms with E-state index in [0.717, 1.165) is 0 Å². The number of halogens is 2. The van der Waals surface area contributed by atoms with Gasteiger partial charge in [-0.3, -0.25) is 4.79 Å². The molecule has 0 heterocycles. The summed E-state index contributed by atoms with van der Waals surface area (Å²) < 4.78 is 5.81. The van der Waals surface area contributed by atoms with Crippen LogP contribution < -0.4 is 10.1 Å². The highest BCUT2D eigenvalue weighted by Crippen LogP contribution is 2.25. The number of hydrogen-bond acceptors (Lipinski definition) is 4. The van der Waals surface area contributed by atoms with Gasteiger partial charge in [0.05, 0.1) is 3.57 Å². The van der Waals surface area contributed by atoms with Crippen LogP contribution in [0.2, 0.25) is 5.02 Å². The summed E-state index contributed by atoms with van der Waals surface area (Å²) in [6.45, 7) is 1.32. The zero-order valence-corrected chi connectivity index (χ0v) is 17.0. The number of carbonyl (C=O) groups excluding carboxylic acids is 1. The van der Waals surface area contributed by atoms with Crippen molar-refractivity contribution in [1.29, 1.82) is 5.26 Å². The summed E-state index contributed by atoms with van der Waals surface area (Å²) in [6, 6.07) is 11.9. The number of nitriles is 1. The number of ether oxygens (including phenoxy) is 1. The number of carbonyl (C=O) groups is 2. The van der Waals surface area contributed by atoms with Crippen molar-refractivity contribution in [3.63, 3.8) is 0 Å². The molecule has 0 saturated carbocycles. The molecule has 0 atom stereocenters. The second-order valence-corrected chi connectivity index (χ2v) is 6.98. The van der Waals surface area contributed by atoms with E-state index in [2.05, 4.69) is 5.32 Å². The first kappa shape index (κ1) is 20.7. The van der Waals surface area contributed by atoms with E-state index in [0.29, 0.717) is 31.2 Å². The van der Waals surface area contributed by atoms with E-state index in [-0.39, 0.29) is 5.57 Å². The van der Waals surface area contributed by atoms with Gasteiger partial charge >= 0.3 is 5.97 Å². The Hall–Kier alpha value is -2.57. The van der Waals surface area contributed by atoms with Crippen LogP contribution in [0, 0.1) is 21.8 Å². The molecule has 2 N–H and O–H groups in total. The van der Waals surface area contributed by atoms with Crippen molar-refractivity contribution in [3.05, 3.63) is 61.7 Å². The molecule has 2 aromatic rings. The van der Waals surface area contributed by atoms with Crippen molar-refractivity contribution in [1.82, 2.24) is 0 Å². The van der Waals surface area contributed by atoms with Crippen LogP contribution in [0.4, 0.5) is 5.69 Å². The Kier molecular flexibility index (Phi) is 7.21. The van der Waals surface area contributed by atoms with Gasteiger partial charge in [-0.05, 0) is 71.0 Å². The van der Waals surface area contributed by atoms with Crippen LogP contribution >= 0.6 is 34.2 Å². The maximum Gasteiger partial charge on any atom is 0.341 e. The van der Waals surface area contributed by atoms with Gasteiger partial charge in [0.2, 0.25) is 0 Å². The number of carboxylic acid groups (broad SMARTS) is 1. The molecule has 2 aromatic carbocycles. The summed E-state index contributed by atoms with van der Waals surface area (Å²) >= 11 is 8.03. The molecule has 27 heavy (non-hydrogen) atoms. The fourth-order valence-electron chi connectivity index (χ4n) is 2.11. The average Bonchev–Trinajstić information content (AvgIpc) is 2.62. The molecule has 1 amide bonds. The van der Waals surface area contributed by atoms with Gasteiger partial charge in [0, 0.05) is 10.7 Å². The monoisotopic (exact) mass is 496 g/mol. The molecule has 0 unspecified atom stereocenters. The zero-order valence-electron chi connectivity index (χ0n) is 14.1. The minimum absolute atomic E-state index is 0.0793. The van der Waals surface area contributed by atoms with Crippen LogP contribution in [0.25, 0.3) is 6.08 Å². The molecular weight excluding hydrogens is 483 g/mol. The number of carboxylic acids is 1. The normalized spacial score (nSPS) is 10.8. The van der Waals surface area contributed by atoms with Crippen LogP contribution in [0.15, 0.2) is 42.0 Å². The lowest BCUT2D eigenvalue weighted by Crippen LogP contribution is -2.14. The molecule has 0 fully saturated rings. The SMILES string of the molecule is Cc1c(Cl)cccc1NC(=O)/C(C#N)=C\c1ccc(OCC(=O)O)c(I)c1. The van der Waals surface area contributed by atoms with Gasteiger partial charge in [-0.25, -0.2) is 4.79 Å². The number of hydrogen-bond donors (Lipinski definition) is 2. The number of amides is 1. The minimum atomic E-state index is -1.07. The molecule has 0 radical (unpaired) electrons. The van der Waals surface area contributed by atoms with Gasteiger partial charge in [0.15, 0.2) is 6.61 Å². The lowest BCUT2D eigenvalue weighted by Gasteiger charge is -2.09. The molecule has 2 rings (SSSR count). The number of aliphatic carboxylic acids is 1. The maximum absolute atomic E-state index is 12.4. The van der Waals surface area contributed by atoms with E-state index < -0.39 is 18.5 Å². The lowest BCUT2D eigenvalue weighted by molar-refractivity contribution is -0.139. The number of nitrogens with one attached hydrogen (secondary N) is 1. The van der Waals surface area contributed by atoms with Gasteiger partial charge in [0.1, 0.15) is 17.4 Å². The molecule has 0 aliphatic carbocycles. The van der Waals surface area contributed by atoms with Crippen molar-refractivity contribution in [2.75, 3.05) is 11.9 Å². The number of benzene rings is 2. The third kappa shape index (κ3) is 5.70. The highest BCUT2D eigenvalue weighted by molar-refractivity contribution is 14.1. The Bertz CT molecular complexity index is 967. The second kappa shape index (κ2) is 9.39. The molecule has 0 aliphatic heterocycles. The number of anilines is 1. The average molecular weight is 497 g/mol. The third-order valence-electron chi connectivity index (χ3n) is 3.50. The van der Waals surface area contributed by atoms with Crippen LogP contribution in [0.3, 0.4) is 0 Å². The minimum Gasteiger partial charge on any atom is -0.481 e. The zero-order chi connectivity index (χ0) is 20.0. The Balaban J connectivity index is 2.21. The first-order chi connectivity index (χ1) is 12.8. The topological polar surface area (TPSA) is 99.4 Å². The molecule has 138 valence electrons. The third-order valence-corrected chi connectivity index (χ3v) is 4.75. The Morgan fingerprint density at radius 3 is 2.74 bits per heavy atom. The van der Waals surface area contributed by atoms with Crippen molar-refractivity contribution < 1.29 is 19.4 Å². The van der Waals surface area contributed by atoms with Gasteiger partial charge < -0.3 is 15.2 Å². The Labute approximate surface area is 174 Å². The lowest BCUT2D eigenvalue weighted by atomic mass is 10.1. The van der Waals surface area contributed by atoms with Crippen molar-refractivity contribution >= 4 is 57.8 Å². The first-order valence-electron chi connectivity index (χ1n) is 7.64. The van der Waals surface area contributed by atoms with Gasteiger partial charge in [-0.15, -0.1) is 0 Å². The van der Waals surface area contributed by atoms with Crippen LogP contribution in [-0.4, -0.2) is 23.6 Å². The number of rotatable bonds is 6. The predicted octanol–water partition coefficient (Wildman–Crippen LogP) is 4.26. The highest BCUT2D eigenvalue weighted by atomic mass is 127. The largest absolute Gasteiger partial charge is 0.481 e. The molecule has 0 saturated heterocycles. The van der Waals surface area contributed by atoms with Crippen LogP contribution in [0.1, 0.15) is 11.1 Å². The quantitative estimate of drug-likeness (QED) is 0.354. The van der Waals surface area contributed by atoms with Crippen molar-refractivity contribution in [3.8, 4) is 11.8 Å². The maximum atomic E-state index is 12.4. The predicted molar refractivity (Wildman–Crippen MR) is 111 cm³/mol. The molecule has 0 bridgehead atoms. The standard InChI is InChI=1S/C19H14ClIN2O4/c1-11-14(20)3-2-4-16(11)23-19(26)13(9-22)7-12-5-6-17(15(21)8-12)27-10-18(24)25/h2-8H,10H2,1H3,(H,23,26)(H,24,25)/b13-7-. The van der Waals surface area contributed by atoms with E-state index in [1.54, 1.807) is 43.3 Å². The van der Waals surface area contributed by atoms with E-state index in [4.69, 9.17) is 21.4 Å². The van der Waals surface area contributed by atoms with Gasteiger partial charge in [-0.1, -0.05) is 23.7 Å². The molecule has 0 aliphatic rings. The summed E-state index contributed by atoms with van der Waals surface area (Å²) in [6.07, 6.45) is 1.44. The van der Waals surface area contributed by atoms with E-state index >= 15 is 0 Å². The second-order valence-electron chi connectivity index (χ2n) is 5.41. The Morgan fingerprint density at radius 2 is 2.11 bits per heavy atom. The van der Waals surface area contributed by atoms with Crippen LogP contribution in [-0.2, 0) is 9.59 Å². The van der Waals surface area contributed by atoms with Gasteiger partial charge in [-0.2, -0.15) is 5.26 Å². The summed E-state index contributed by atoms with van der Waals surface area (Å²) in [5, 5.41) is 21.2. The fourth-order valence-corrected chi connectivity index (χ4v) is 2.98. The van der Waals surface area contributed by atoms with E-state index in [1.807, 2.05) is 28.7 Å². The first-order valence-corrected chi connectivity index (χ1v) is 9.10. The smallest absolute Gasteiger partial charge is 0.341 e.